The standard InChI is InChI=1S/C21H32N4O3.ClH/c1-14(2)19(22)21(28)24-13-18(26)23-12-15-7-6-10-17(11-15)25-20(27)16-8-4-3-5-9-16;/h6-7,10-11,14,16,19H,3-5,8-9,12-13,22H2,1-2H3,(H,23,26)(H,24,28)(H,25,27);1H/t19-;/m0./s1. The van der Waals surface area contributed by atoms with Gasteiger partial charge in [-0.3, -0.25) is 14.4 Å². The first-order valence-electron chi connectivity index (χ1n) is 10.1. The fourth-order valence-corrected chi connectivity index (χ4v) is 3.22. The average Bonchev–Trinajstić information content (AvgIpc) is 2.70. The van der Waals surface area contributed by atoms with Crippen LogP contribution in [0.2, 0.25) is 0 Å². The third-order valence-electron chi connectivity index (χ3n) is 5.10. The van der Waals surface area contributed by atoms with Gasteiger partial charge >= 0.3 is 0 Å². The number of hydrogen-bond acceptors (Lipinski definition) is 4. The molecular weight excluding hydrogens is 392 g/mol. The highest BCUT2D eigenvalue weighted by Crippen LogP contribution is 2.25. The average molecular weight is 425 g/mol. The van der Waals surface area contributed by atoms with E-state index in [0.717, 1.165) is 36.9 Å². The Hall–Kier alpha value is -2.12. The van der Waals surface area contributed by atoms with Gasteiger partial charge in [-0.2, -0.15) is 0 Å². The van der Waals surface area contributed by atoms with Gasteiger partial charge < -0.3 is 21.7 Å². The van der Waals surface area contributed by atoms with E-state index < -0.39 is 6.04 Å². The second-order valence-corrected chi connectivity index (χ2v) is 7.79. The van der Waals surface area contributed by atoms with E-state index in [2.05, 4.69) is 16.0 Å². The Morgan fingerprint density at radius 3 is 2.45 bits per heavy atom. The van der Waals surface area contributed by atoms with Gasteiger partial charge in [-0.15, -0.1) is 12.4 Å². The number of anilines is 1. The minimum Gasteiger partial charge on any atom is -0.350 e. The van der Waals surface area contributed by atoms with Crippen molar-refractivity contribution in [3.05, 3.63) is 29.8 Å². The van der Waals surface area contributed by atoms with Crippen LogP contribution in [0.4, 0.5) is 5.69 Å². The van der Waals surface area contributed by atoms with Crippen LogP contribution in [0, 0.1) is 11.8 Å². The van der Waals surface area contributed by atoms with Crippen LogP contribution in [0.3, 0.4) is 0 Å². The van der Waals surface area contributed by atoms with Crippen LogP contribution < -0.4 is 21.7 Å². The van der Waals surface area contributed by atoms with E-state index in [0.29, 0.717) is 6.54 Å². The molecule has 0 aromatic heterocycles. The molecule has 1 aliphatic rings. The molecule has 1 aromatic carbocycles. The van der Waals surface area contributed by atoms with Crippen LogP contribution in [-0.4, -0.2) is 30.3 Å². The Morgan fingerprint density at radius 2 is 1.79 bits per heavy atom. The fourth-order valence-electron chi connectivity index (χ4n) is 3.22. The van der Waals surface area contributed by atoms with E-state index in [1.807, 2.05) is 38.1 Å². The van der Waals surface area contributed by atoms with Crippen LogP contribution >= 0.6 is 12.4 Å². The minimum atomic E-state index is -0.628. The number of benzene rings is 1. The molecule has 1 fully saturated rings. The zero-order chi connectivity index (χ0) is 20.5. The highest BCUT2D eigenvalue weighted by molar-refractivity contribution is 5.92. The highest BCUT2D eigenvalue weighted by atomic mass is 35.5. The molecular formula is C21H33ClN4O3. The number of hydrogen-bond donors (Lipinski definition) is 4. The molecule has 0 radical (unpaired) electrons. The number of amides is 3. The lowest BCUT2D eigenvalue weighted by Gasteiger charge is -2.20. The lowest BCUT2D eigenvalue weighted by atomic mass is 9.88. The van der Waals surface area contributed by atoms with Gasteiger partial charge in [0.1, 0.15) is 0 Å². The van der Waals surface area contributed by atoms with Crippen LogP contribution in [0.1, 0.15) is 51.5 Å². The van der Waals surface area contributed by atoms with Gasteiger partial charge in [-0.1, -0.05) is 45.2 Å². The second-order valence-electron chi connectivity index (χ2n) is 7.79. The Kier molecular flexibility index (Phi) is 10.7. The molecule has 1 aliphatic carbocycles. The minimum absolute atomic E-state index is 0. The smallest absolute Gasteiger partial charge is 0.239 e. The lowest BCUT2D eigenvalue weighted by molar-refractivity contribution is -0.127. The molecule has 1 atom stereocenters. The van der Waals surface area contributed by atoms with Crippen molar-refractivity contribution in [3.8, 4) is 0 Å². The number of carbonyl (C=O) groups is 3. The third kappa shape index (κ3) is 8.41. The number of halogens is 1. The molecule has 162 valence electrons. The Morgan fingerprint density at radius 1 is 1.10 bits per heavy atom. The first kappa shape index (κ1) is 24.9. The summed E-state index contributed by atoms with van der Waals surface area (Å²) >= 11 is 0. The van der Waals surface area contributed by atoms with Gasteiger partial charge in [0.2, 0.25) is 17.7 Å². The van der Waals surface area contributed by atoms with Crippen LogP contribution in [0.25, 0.3) is 0 Å². The lowest BCUT2D eigenvalue weighted by Crippen LogP contribution is -2.47. The third-order valence-corrected chi connectivity index (χ3v) is 5.10. The first-order valence-corrected chi connectivity index (χ1v) is 10.1. The fraction of sp³-hybridized carbons (Fsp3) is 0.571. The van der Waals surface area contributed by atoms with Gasteiger partial charge in [0.05, 0.1) is 12.6 Å². The van der Waals surface area contributed by atoms with Gasteiger partial charge in [-0.05, 0) is 36.5 Å². The zero-order valence-electron chi connectivity index (χ0n) is 17.2. The summed E-state index contributed by atoms with van der Waals surface area (Å²) in [5, 5.41) is 8.28. The van der Waals surface area contributed by atoms with Crippen molar-refractivity contribution in [2.75, 3.05) is 11.9 Å². The van der Waals surface area contributed by atoms with Crippen molar-refractivity contribution in [1.82, 2.24) is 10.6 Å². The summed E-state index contributed by atoms with van der Waals surface area (Å²) in [5.74, 6) is -0.448. The van der Waals surface area contributed by atoms with Gasteiger partial charge in [0.25, 0.3) is 0 Å². The maximum absolute atomic E-state index is 12.4. The van der Waals surface area contributed by atoms with E-state index in [1.165, 1.54) is 6.42 Å². The van der Waals surface area contributed by atoms with Crippen molar-refractivity contribution in [3.63, 3.8) is 0 Å². The summed E-state index contributed by atoms with van der Waals surface area (Å²) in [7, 11) is 0. The summed E-state index contributed by atoms with van der Waals surface area (Å²) in [4.78, 5) is 36.1. The number of nitrogens with two attached hydrogens (primary N) is 1. The summed E-state index contributed by atoms with van der Waals surface area (Å²) in [6.07, 6.45) is 5.34. The Balaban J connectivity index is 0.00000420. The molecule has 0 unspecified atom stereocenters. The van der Waals surface area contributed by atoms with E-state index in [9.17, 15) is 14.4 Å². The second kappa shape index (κ2) is 12.4. The highest BCUT2D eigenvalue weighted by Gasteiger charge is 2.21. The van der Waals surface area contributed by atoms with Gasteiger partial charge in [-0.25, -0.2) is 0 Å². The van der Waals surface area contributed by atoms with Crippen LogP contribution in [-0.2, 0) is 20.9 Å². The van der Waals surface area contributed by atoms with Crippen LogP contribution in [0.5, 0.6) is 0 Å². The maximum Gasteiger partial charge on any atom is 0.239 e. The Labute approximate surface area is 179 Å². The molecule has 0 aliphatic heterocycles. The summed E-state index contributed by atoms with van der Waals surface area (Å²) < 4.78 is 0. The molecule has 0 spiro atoms. The SMILES string of the molecule is CC(C)[C@H](N)C(=O)NCC(=O)NCc1cccc(NC(=O)C2CCCCC2)c1.Cl. The quantitative estimate of drug-likeness (QED) is 0.512. The van der Waals surface area contributed by atoms with Crippen molar-refractivity contribution in [2.24, 2.45) is 17.6 Å². The molecule has 0 heterocycles. The molecule has 8 heteroatoms. The predicted octanol–water partition coefficient (Wildman–Crippen LogP) is 2.34. The molecule has 1 aromatic rings. The van der Waals surface area contributed by atoms with E-state index in [4.69, 9.17) is 5.73 Å². The Bertz CT molecular complexity index is 690. The van der Waals surface area contributed by atoms with Crippen molar-refractivity contribution < 1.29 is 14.4 Å². The molecule has 0 saturated heterocycles. The normalized spacial score (nSPS) is 15.2. The monoisotopic (exact) mass is 424 g/mol. The van der Waals surface area contributed by atoms with Crippen molar-refractivity contribution in [2.45, 2.75) is 58.5 Å². The van der Waals surface area contributed by atoms with Gasteiger partial charge in [0, 0.05) is 18.2 Å². The summed E-state index contributed by atoms with van der Waals surface area (Å²) in [6, 6.07) is 6.80. The summed E-state index contributed by atoms with van der Waals surface area (Å²) in [5.41, 5.74) is 7.35. The molecule has 2 rings (SSSR count). The molecule has 7 nitrogen and oxygen atoms in total. The number of rotatable bonds is 8. The topological polar surface area (TPSA) is 113 Å². The summed E-state index contributed by atoms with van der Waals surface area (Å²) in [6.45, 7) is 3.91. The predicted molar refractivity (Wildman–Crippen MR) is 117 cm³/mol. The first-order chi connectivity index (χ1) is 13.4. The maximum atomic E-state index is 12.4. The molecule has 0 bridgehead atoms. The van der Waals surface area contributed by atoms with Crippen molar-refractivity contribution >= 4 is 35.8 Å². The molecule has 29 heavy (non-hydrogen) atoms. The number of nitrogens with one attached hydrogen (secondary N) is 3. The zero-order valence-corrected chi connectivity index (χ0v) is 18.0. The van der Waals surface area contributed by atoms with Gasteiger partial charge in [0.15, 0.2) is 0 Å². The molecule has 1 saturated carbocycles. The van der Waals surface area contributed by atoms with E-state index >= 15 is 0 Å². The molecule has 3 amide bonds. The largest absolute Gasteiger partial charge is 0.350 e. The number of carbonyl (C=O) groups excluding carboxylic acids is 3. The molecule has 5 N–H and O–H groups in total. The van der Waals surface area contributed by atoms with Crippen LogP contribution in [0.15, 0.2) is 24.3 Å². The van der Waals surface area contributed by atoms with E-state index in [-0.39, 0.29) is 48.5 Å². The van der Waals surface area contributed by atoms with Crippen molar-refractivity contribution in [1.29, 1.82) is 0 Å². The van der Waals surface area contributed by atoms with E-state index in [1.54, 1.807) is 0 Å².